The maximum Gasteiger partial charge on any atom is 0.387 e. The van der Waals surface area contributed by atoms with Gasteiger partial charge in [0, 0.05) is 18.3 Å². The molecule has 1 unspecified atom stereocenters. The number of alkyl halides is 3. The second-order valence-corrected chi connectivity index (χ2v) is 5.58. The number of hydrogen-bond donors (Lipinski definition) is 0. The Morgan fingerprint density at radius 1 is 1.50 bits per heavy atom. The molecule has 1 aliphatic rings. The van der Waals surface area contributed by atoms with Crippen LogP contribution >= 0.6 is 22.6 Å². The summed E-state index contributed by atoms with van der Waals surface area (Å²) in [6.45, 7) is -0.552. The van der Waals surface area contributed by atoms with Crippen LogP contribution in [0.25, 0.3) is 0 Å². The van der Waals surface area contributed by atoms with Crippen LogP contribution in [0.15, 0.2) is 18.2 Å². The van der Waals surface area contributed by atoms with E-state index in [9.17, 15) is 13.6 Å². The molecule has 0 spiro atoms. The Morgan fingerprint density at radius 2 is 2.22 bits per heavy atom. The molecule has 3 nitrogen and oxygen atoms in total. The number of carbonyl (C=O) groups excluding carboxylic acids is 1. The number of ether oxygens (including phenoxy) is 1. The van der Waals surface area contributed by atoms with Gasteiger partial charge in [0.2, 0.25) is 5.91 Å². The number of anilines is 1. The van der Waals surface area contributed by atoms with Crippen LogP contribution < -0.4 is 9.64 Å². The Hall–Kier alpha value is -0.920. The van der Waals surface area contributed by atoms with E-state index in [4.69, 9.17) is 0 Å². The third-order valence-electron chi connectivity index (χ3n) is 2.84. The van der Waals surface area contributed by atoms with Crippen molar-refractivity contribution >= 4 is 34.2 Å². The first-order valence-corrected chi connectivity index (χ1v) is 6.74. The molecule has 0 saturated carbocycles. The molecule has 0 aliphatic carbocycles. The van der Waals surface area contributed by atoms with Crippen LogP contribution in [0.3, 0.4) is 0 Å². The molecule has 18 heavy (non-hydrogen) atoms. The molecule has 0 N–H and O–H groups in total. The molecular weight excluding hydrogens is 355 g/mol. The van der Waals surface area contributed by atoms with Gasteiger partial charge in [0.05, 0.1) is 3.92 Å². The number of halogens is 3. The average Bonchev–Trinajstić information content (AvgIpc) is 2.63. The van der Waals surface area contributed by atoms with Gasteiger partial charge < -0.3 is 9.64 Å². The van der Waals surface area contributed by atoms with Crippen LogP contribution in [0.2, 0.25) is 0 Å². The van der Waals surface area contributed by atoms with Crippen molar-refractivity contribution in [1.29, 1.82) is 0 Å². The minimum Gasteiger partial charge on any atom is -0.434 e. The highest BCUT2D eigenvalue weighted by atomic mass is 127. The van der Waals surface area contributed by atoms with Gasteiger partial charge in [-0.1, -0.05) is 28.7 Å². The second kappa shape index (κ2) is 5.38. The molecule has 0 radical (unpaired) electrons. The fraction of sp³-hybridized carbons (Fsp3) is 0.417. The van der Waals surface area contributed by atoms with Crippen molar-refractivity contribution in [3.05, 3.63) is 23.8 Å². The number of benzene rings is 1. The van der Waals surface area contributed by atoms with Crippen LogP contribution in [-0.4, -0.2) is 23.0 Å². The summed E-state index contributed by atoms with van der Waals surface area (Å²) in [5, 5.41) is 0. The van der Waals surface area contributed by atoms with Crippen molar-refractivity contribution in [1.82, 2.24) is 0 Å². The first-order chi connectivity index (χ1) is 8.49. The molecule has 1 amide bonds. The standard InChI is InChI=1S/C12H12F2INO2/c1-7-2-3-8(6-10(7)18-12(13)14)16-5-4-9(15)11(16)17/h2-3,6,9,12H,4-5H2,1H3. The van der Waals surface area contributed by atoms with Crippen LogP contribution in [0, 0.1) is 6.92 Å². The molecule has 98 valence electrons. The van der Waals surface area contributed by atoms with E-state index in [2.05, 4.69) is 27.3 Å². The lowest BCUT2D eigenvalue weighted by Crippen LogP contribution is -2.27. The van der Waals surface area contributed by atoms with E-state index in [0.29, 0.717) is 17.8 Å². The summed E-state index contributed by atoms with van der Waals surface area (Å²) in [5.74, 6) is 0.134. The zero-order valence-electron chi connectivity index (χ0n) is 9.70. The third-order valence-corrected chi connectivity index (χ3v) is 4.00. The van der Waals surface area contributed by atoms with E-state index in [1.54, 1.807) is 24.0 Å². The minimum atomic E-state index is -2.86. The molecular formula is C12H12F2INO2. The lowest BCUT2D eigenvalue weighted by Gasteiger charge is -2.18. The van der Waals surface area contributed by atoms with E-state index in [-0.39, 0.29) is 15.6 Å². The van der Waals surface area contributed by atoms with Crippen LogP contribution in [-0.2, 0) is 4.79 Å². The Morgan fingerprint density at radius 3 is 2.78 bits per heavy atom. The maximum absolute atomic E-state index is 12.2. The van der Waals surface area contributed by atoms with Crippen molar-refractivity contribution in [3.63, 3.8) is 0 Å². The number of rotatable bonds is 3. The zero-order chi connectivity index (χ0) is 13.3. The van der Waals surface area contributed by atoms with Gasteiger partial charge in [-0.05, 0) is 25.0 Å². The summed E-state index contributed by atoms with van der Waals surface area (Å²) in [5.41, 5.74) is 1.23. The molecule has 1 aromatic carbocycles. The summed E-state index contributed by atoms with van der Waals surface area (Å²) < 4.78 is 28.9. The van der Waals surface area contributed by atoms with Crippen molar-refractivity contribution in [3.8, 4) is 5.75 Å². The van der Waals surface area contributed by atoms with Crippen molar-refractivity contribution in [2.24, 2.45) is 0 Å². The summed E-state index contributed by atoms with van der Waals surface area (Å²) in [7, 11) is 0. The summed E-state index contributed by atoms with van der Waals surface area (Å²) in [6, 6.07) is 4.93. The predicted molar refractivity (Wildman–Crippen MR) is 72.6 cm³/mol. The highest BCUT2D eigenvalue weighted by molar-refractivity contribution is 14.1. The SMILES string of the molecule is Cc1ccc(N2CCC(I)C2=O)cc1OC(F)F. The molecule has 1 fully saturated rings. The minimum absolute atomic E-state index is 0.0162. The van der Waals surface area contributed by atoms with E-state index < -0.39 is 6.61 Å². The molecule has 1 heterocycles. The van der Waals surface area contributed by atoms with Crippen molar-refractivity contribution in [2.75, 3.05) is 11.4 Å². The highest BCUT2D eigenvalue weighted by Crippen LogP contribution is 2.30. The lowest BCUT2D eigenvalue weighted by molar-refractivity contribution is -0.116. The monoisotopic (exact) mass is 367 g/mol. The van der Waals surface area contributed by atoms with Gasteiger partial charge in [0.25, 0.3) is 0 Å². The predicted octanol–water partition coefficient (Wildman–Crippen LogP) is 3.14. The summed E-state index contributed by atoms with van der Waals surface area (Å²) in [6.07, 6.45) is 0.776. The number of amides is 1. The molecule has 6 heteroatoms. The first-order valence-electron chi connectivity index (χ1n) is 5.50. The Balaban J connectivity index is 2.27. The molecule has 1 aromatic rings. The Kier molecular flexibility index (Phi) is 4.04. The largest absolute Gasteiger partial charge is 0.434 e. The molecule has 1 atom stereocenters. The third kappa shape index (κ3) is 2.73. The topological polar surface area (TPSA) is 29.5 Å². The maximum atomic E-state index is 12.2. The smallest absolute Gasteiger partial charge is 0.387 e. The second-order valence-electron chi connectivity index (χ2n) is 4.07. The van der Waals surface area contributed by atoms with E-state index in [0.717, 1.165) is 6.42 Å². The number of hydrogen-bond acceptors (Lipinski definition) is 2. The fourth-order valence-corrected chi connectivity index (χ4v) is 2.50. The van der Waals surface area contributed by atoms with Crippen molar-refractivity contribution < 1.29 is 18.3 Å². The number of carbonyl (C=O) groups is 1. The van der Waals surface area contributed by atoms with E-state index >= 15 is 0 Å². The molecule has 2 rings (SSSR count). The quantitative estimate of drug-likeness (QED) is 0.607. The zero-order valence-corrected chi connectivity index (χ0v) is 11.9. The molecule has 1 aliphatic heterocycles. The fourth-order valence-electron chi connectivity index (χ4n) is 1.88. The van der Waals surface area contributed by atoms with Gasteiger partial charge in [0.15, 0.2) is 0 Å². The van der Waals surface area contributed by atoms with Crippen molar-refractivity contribution in [2.45, 2.75) is 23.9 Å². The van der Waals surface area contributed by atoms with Gasteiger partial charge in [0.1, 0.15) is 5.75 Å². The van der Waals surface area contributed by atoms with E-state index in [1.807, 2.05) is 0 Å². The van der Waals surface area contributed by atoms with Gasteiger partial charge >= 0.3 is 6.61 Å². The van der Waals surface area contributed by atoms with Crippen LogP contribution in [0.4, 0.5) is 14.5 Å². The van der Waals surface area contributed by atoms with Crippen LogP contribution in [0.1, 0.15) is 12.0 Å². The lowest BCUT2D eigenvalue weighted by atomic mass is 10.2. The van der Waals surface area contributed by atoms with E-state index in [1.165, 1.54) is 6.07 Å². The van der Waals surface area contributed by atoms with Gasteiger partial charge in [-0.2, -0.15) is 8.78 Å². The number of nitrogens with zero attached hydrogens (tertiary/aromatic N) is 1. The molecule has 0 aromatic heterocycles. The summed E-state index contributed by atoms with van der Waals surface area (Å²) in [4.78, 5) is 13.5. The summed E-state index contributed by atoms with van der Waals surface area (Å²) >= 11 is 2.09. The van der Waals surface area contributed by atoms with Gasteiger partial charge in [-0.3, -0.25) is 4.79 Å². The van der Waals surface area contributed by atoms with Crippen LogP contribution in [0.5, 0.6) is 5.75 Å². The Bertz CT molecular complexity index is 467. The molecule has 0 bridgehead atoms. The normalized spacial score (nSPS) is 19.7. The first kappa shape index (κ1) is 13.5. The molecule has 1 saturated heterocycles. The Labute approximate surface area is 117 Å². The average molecular weight is 367 g/mol. The highest BCUT2D eigenvalue weighted by Gasteiger charge is 2.30. The van der Waals surface area contributed by atoms with Gasteiger partial charge in [-0.25, -0.2) is 0 Å². The van der Waals surface area contributed by atoms with Gasteiger partial charge in [-0.15, -0.1) is 0 Å². The number of aryl methyl sites for hydroxylation is 1.